The standard InChI is InChI=1S/C14H19BrN2O/c1-11(2)7-9-16-14(18)17-10-8-12-3-5-13(15)6-4-12/h3-6,8,10-11H,7,9H2,1-2H3,(H2,16,17,18)/b10-8+. The van der Waals surface area contributed by atoms with Gasteiger partial charge < -0.3 is 10.6 Å². The van der Waals surface area contributed by atoms with Crippen LogP contribution in [0, 0.1) is 5.92 Å². The first-order chi connectivity index (χ1) is 8.58. The van der Waals surface area contributed by atoms with Crippen molar-refractivity contribution in [3.8, 4) is 0 Å². The van der Waals surface area contributed by atoms with Gasteiger partial charge in [0.1, 0.15) is 0 Å². The molecule has 0 saturated carbocycles. The van der Waals surface area contributed by atoms with E-state index in [1.165, 1.54) is 0 Å². The number of amides is 2. The van der Waals surface area contributed by atoms with Crippen molar-refractivity contribution in [1.29, 1.82) is 0 Å². The van der Waals surface area contributed by atoms with Crippen LogP contribution in [0.4, 0.5) is 4.79 Å². The molecule has 0 spiro atoms. The fourth-order valence-electron chi connectivity index (χ4n) is 1.31. The van der Waals surface area contributed by atoms with Crippen molar-refractivity contribution in [2.45, 2.75) is 20.3 Å². The molecule has 0 aromatic heterocycles. The van der Waals surface area contributed by atoms with Crippen LogP contribution in [0.3, 0.4) is 0 Å². The zero-order chi connectivity index (χ0) is 13.4. The minimum absolute atomic E-state index is 0.163. The van der Waals surface area contributed by atoms with Crippen LogP contribution in [0.1, 0.15) is 25.8 Å². The smallest absolute Gasteiger partial charge is 0.318 e. The highest BCUT2D eigenvalue weighted by Crippen LogP contribution is 2.11. The molecule has 18 heavy (non-hydrogen) atoms. The van der Waals surface area contributed by atoms with Gasteiger partial charge in [-0.2, -0.15) is 0 Å². The summed E-state index contributed by atoms with van der Waals surface area (Å²) in [5.41, 5.74) is 1.04. The van der Waals surface area contributed by atoms with Gasteiger partial charge in [-0.3, -0.25) is 0 Å². The minimum atomic E-state index is -0.163. The maximum Gasteiger partial charge on any atom is 0.318 e. The lowest BCUT2D eigenvalue weighted by Gasteiger charge is -2.06. The van der Waals surface area contributed by atoms with Crippen LogP contribution in [0.25, 0.3) is 6.08 Å². The fourth-order valence-corrected chi connectivity index (χ4v) is 1.58. The summed E-state index contributed by atoms with van der Waals surface area (Å²) in [6.07, 6.45) is 4.49. The first-order valence-corrected chi connectivity index (χ1v) is 6.83. The summed E-state index contributed by atoms with van der Waals surface area (Å²) in [7, 11) is 0. The van der Waals surface area contributed by atoms with Crippen LogP contribution >= 0.6 is 15.9 Å². The molecule has 0 aliphatic carbocycles. The number of benzene rings is 1. The largest absolute Gasteiger partial charge is 0.338 e. The molecule has 0 heterocycles. The van der Waals surface area contributed by atoms with E-state index in [0.29, 0.717) is 12.5 Å². The molecular weight excluding hydrogens is 292 g/mol. The van der Waals surface area contributed by atoms with E-state index in [0.717, 1.165) is 16.5 Å². The number of hydrogen-bond acceptors (Lipinski definition) is 1. The van der Waals surface area contributed by atoms with Crippen LogP contribution < -0.4 is 10.6 Å². The average molecular weight is 311 g/mol. The Labute approximate surface area is 117 Å². The molecule has 0 bridgehead atoms. The monoisotopic (exact) mass is 310 g/mol. The predicted octanol–water partition coefficient (Wildman–Crippen LogP) is 3.77. The predicted molar refractivity (Wildman–Crippen MR) is 79.2 cm³/mol. The highest BCUT2D eigenvalue weighted by Gasteiger charge is 1.97. The van der Waals surface area contributed by atoms with Gasteiger partial charge in [-0.05, 0) is 36.1 Å². The second-order valence-corrected chi connectivity index (χ2v) is 5.38. The molecule has 0 fully saturated rings. The number of nitrogens with one attached hydrogen (secondary N) is 2. The topological polar surface area (TPSA) is 41.1 Å². The third kappa shape index (κ3) is 6.45. The summed E-state index contributed by atoms with van der Waals surface area (Å²) in [5.74, 6) is 0.601. The number of carbonyl (C=O) groups excluding carboxylic acids is 1. The summed E-state index contributed by atoms with van der Waals surface area (Å²) < 4.78 is 1.04. The second kappa shape index (κ2) is 7.93. The third-order valence-electron chi connectivity index (χ3n) is 2.37. The zero-order valence-electron chi connectivity index (χ0n) is 10.7. The van der Waals surface area contributed by atoms with E-state index in [1.807, 2.05) is 30.3 Å². The van der Waals surface area contributed by atoms with Gasteiger partial charge in [0.25, 0.3) is 0 Å². The minimum Gasteiger partial charge on any atom is -0.338 e. The van der Waals surface area contributed by atoms with E-state index in [-0.39, 0.29) is 6.03 Å². The third-order valence-corrected chi connectivity index (χ3v) is 2.90. The van der Waals surface area contributed by atoms with E-state index < -0.39 is 0 Å². The first kappa shape index (κ1) is 14.8. The van der Waals surface area contributed by atoms with E-state index in [9.17, 15) is 4.79 Å². The quantitative estimate of drug-likeness (QED) is 0.854. The zero-order valence-corrected chi connectivity index (χ0v) is 12.3. The second-order valence-electron chi connectivity index (χ2n) is 4.47. The van der Waals surface area contributed by atoms with E-state index in [1.54, 1.807) is 6.20 Å². The highest BCUT2D eigenvalue weighted by atomic mass is 79.9. The average Bonchev–Trinajstić information content (AvgIpc) is 2.31. The molecule has 4 heteroatoms. The Bertz CT molecular complexity index is 399. The Morgan fingerprint density at radius 1 is 1.33 bits per heavy atom. The van der Waals surface area contributed by atoms with Gasteiger partial charge in [-0.1, -0.05) is 41.9 Å². The molecule has 0 atom stereocenters. The van der Waals surface area contributed by atoms with Crippen molar-refractivity contribution in [3.05, 3.63) is 40.5 Å². The van der Waals surface area contributed by atoms with Gasteiger partial charge >= 0.3 is 6.03 Å². The molecule has 1 aromatic carbocycles. The van der Waals surface area contributed by atoms with Crippen molar-refractivity contribution < 1.29 is 4.79 Å². The molecule has 1 rings (SSSR count). The van der Waals surface area contributed by atoms with Gasteiger partial charge in [0.2, 0.25) is 0 Å². The number of urea groups is 1. The number of halogens is 1. The number of rotatable bonds is 5. The van der Waals surface area contributed by atoms with Gasteiger partial charge in [0, 0.05) is 17.2 Å². The molecule has 0 saturated heterocycles. The SMILES string of the molecule is CC(C)CCNC(=O)N/C=C/c1ccc(Br)cc1. The Hall–Kier alpha value is -1.29. The molecular formula is C14H19BrN2O. The van der Waals surface area contributed by atoms with Gasteiger partial charge in [-0.25, -0.2) is 4.79 Å². The van der Waals surface area contributed by atoms with Crippen molar-refractivity contribution >= 4 is 28.0 Å². The normalized spacial score (nSPS) is 10.9. The molecule has 98 valence electrons. The fraction of sp³-hybridized carbons (Fsp3) is 0.357. The molecule has 0 aliphatic heterocycles. The lowest BCUT2D eigenvalue weighted by Crippen LogP contribution is -2.33. The first-order valence-electron chi connectivity index (χ1n) is 6.04. The summed E-state index contributed by atoms with van der Waals surface area (Å²) in [5, 5.41) is 5.48. The number of hydrogen-bond donors (Lipinski definition) is 2. The van der Waals surface area contributed by atoms with Crippen molar-refractivity contribution in [1.82, 2.24) is 10.6 Å². The molecule has 3 nitrogen and oxygen atoms in total. The molecule has 0 aliphatic rings. The van der Waals surface area contributed by atoms with Gasteiger partial charge in [0.15, 0.2) is 0 Å². The van der Waals surface area contributed by atoms with E-state index in [4.69, 9.17) is 0 Å². The van der Waals surface area contributed by atoms with Crippen LogP contribution in [0.5, 0.6) is 0 Å². The van der Waals surface area contributed by atoms with Crippen molar-refractivity contribution in [2.24, 2.45) is 5.92 Å². The lowest BCUT2D eigenvalue weighted by atomic mass is 10.1. The van der Waals surface area contributed by atoms with Gasteiger partial charge in [0.05, 0.1) is 0 Å². The van der Waals surface area contributed by atoms with E-state index >= 15 is 0 Å². The molecule has 0 radical (unpaired) electrons. The lowest BCUT2D eigenvalue weighted by molar-refractivity contribution is 0.243. The molecule has 2 amide bonds. The van der Waals surface area contributed by atoms with Gasteiger partial charge in [-0.15, -0.1) is 0 Å². The Balaban J connectivity index is 2.27. The molecule has 0 unspecified atom stereocenters. The van der Waals surface area contributed by atoms with Crippen molar-refractivity contribution in [2.75, 3.05) is 6.54 Å². The summed E-state index contributed by atoms with van der Waals surface area (Å²) >= 11 is 3.37. The Kier molecular flexibility index (Phi) is 6.50. The Morgan fingerprint density at radius 3 is 2.61 bits per heavy atom. The van der Waals surface area contributed by atoms with Crippen LogP contribution in [0.2, 0.25) is 0 Å². The molecule has 1 aromatic rings. The summed E-state index contributed by atoms with van der Waals surface area (Å²) in [6, 6.07) is 7.70. The van der Waals surface area contributed by atoms with Crippen LogP contribution in [-0.4, -0.2) is 12.6 Å². The molecule has 2 N–H and O–H groups in total. The summed E-state index contributed by atoms with van der Waals surface area (Å²) in [4.78, 5) is 11.4. The van der Waals surface area contributed by atoms with Crippen LogP contribution in [0.15, 0.2) is 34.9 Å². The summed E-state index contributed by atoms with van der Waals surface area (Å²) in [6.45, 7) is 4.97. The highest BCUT2D eigenvalue weighted by molar-refractivity contribution is 9.10. The van der Waals surface area contributed by atoms with E-state index in [2.05, 4.69) is 40.4 Å². The number of carbonyl (C=O) groups is 1. The van der Waals surface area contributed by atoms with Crippen LogP contribution in [-0.2, 0) is 0 Å². The maximum absolute atomic E-state index is 11.4. The van der Waals surface area contributed by atoms with Crippen molar-refractivity contribution in [3.63, 3.8) is 0 Å². The maximum atomic E-state index is 11.4. The Morgan fingerprint density at radius 2 is 2.00 bits per heavy atom.